The summed E-state index contributed by atoms with van der Waals surface area (Å²) in [6, 6.07) is 28.3. The van der Waals surface area contributed by atoms with Crippen molar-refractivity contribution >= 4 is 86.7 Å². The molecule has 11 heteroatoms. The van der Waals surface area contributed by atoms with Crippen LogP contribution in [0.3, 0.4) is 0 Å². The monoisotopic (exact) mass is 830 g/mol. The average Bonchev–Trinajstić information content (AvgIpc) is 3.14. The van der Waals surface area contributed by atoms with E-state index in [1.165, 1.54) is 0 Å². The number of alkyl halides is 1. The Labute approximate surface area is 328 Å². The Hall–Kier alpha value is -3.72. The van der Waals surface area contributed by atoms with Gasteiger partial charge in [-0.2, -0.15) is 0 Å². The van der Waals surface area contributed by atoms with E-state index in [0.717, 1.165) is 16.5 Å². The summed E-state index contributed by atoms with van der Waals surface area (Å²) in [5, 5.41) is 2.47. The maximum absolute atomic E-state index is 12.8. The number of ether oxygens (including phenoxy) is 2. The maximum atomic E-state index is 12.8. The highest BCUT2D eigenvalue weighted by Gasteiger charge is 2.40. The van der Waals surface area contributed by atoms with Crippen LogP contribution < -0.4 is 0 Å². The molecule has 0 N–H and O–H groups in total. The van der Waals surface area contributed by atoms with E-state index in [1.54, 1.807) is 74.8 Å². The van der Waals surface area contributed by atoms with Gasteiger partial charge in [-0.1, -0.05) is 147 Å². The molecule has 6 nitrogen and oxygen atoms in total. The lowest BCUT2D eigenvalue weighted by molar-refractivity contribution is -0.150. The molecule has 0 heterocycles. The van der Waals surface area contributed by atoms with Crippen LogP contribution in [0.1, 0.15) is 48.6 Å². The number of carbonyl (C=O) groups is 2. The largest absolute Gasteiger partial charge is 0.464 e. The lowest BCUT2D eigenvalue weighted by Crippen LogP contribution is -2.35. The van der Waals surface area contributed by atoms with Crippen molar-refractivity contribution in [3.8, 4) is 0 Å². The second-order valence-corrected chi connectivity index (χ2v) is 12.6. The highest BCUT2D eigenvalue weighted by atomic mass is 79.9. The molecule has 0 bridgehead atoms. The van der Waals surface area contributed by atoms with Gasteiger partial charge in [0.1, 0.15) is 0 Å². The van der Waals surface area contributed by atoms with Crippen molar-refractivity contribution in [2.24, 2.45) is 9.98 Å². The van der Waals surface area contributed by atoms with Crippen LogP contribution in [0.25, 0.3) is 0 Å². The van der Waals surface area contributed by atoms with Gasteiger partial charge in [-0.3, -0.25) is 9.98 Å². The smallest absolute Gasteiger partial charge is 0.338 e. The molecule has 4 aromatic carbocycles. The zero-order chi connectivity index (χ0) is 37.6. The third kappa shape index (κ3) is 14.1. The first-order chi connectivity index (χ1) is 24.6. The Morgan fingerprint density at radius 1 is 0.745 bits per heavy atom. The zero-order valence-electron chi connectivity index (χ0n) is 28.3. The van der Waals surface area contributed by atoms with E-state index >= 15 is 0 Å². The van der Waals surface area contributed by atoms with Gasteiger partial charge >= 0.3 is 11.9 Å². The summed E-state index contributed by atoms with van der Waals surface area (Å²) in [5.41, 5.74) is 1.76. The van der Waals surface area contributed by atoms with E-state index in [4.69, 9.17) is 55.9 Å². The molecule has 4 rings (SSSR count). The molecule has 0 aliphatic heterocycles. The molecular weight excluding hydrogens is 794 g/mol. The van der Waals surface area contributed by atoms with E-state index in [-0.39, 0.29) is 19.6 Å². The highest BCUT2D eigenvalue weighted by Crippen LogP contribution is 2.36. The number of aliphatic imine (C=N–C) groups is 2. The number of benzene rings is 4. The summed E-state index contributed by atoms with van der Waals surface area (Å²) in [4.78, 5) is 33.9. The third-order valence-electron chi connectivity index (χ3n) is 6.73. The summed E-state index contributed by atoms with van der Waals surface area (Å²) in [6.07, 6.45) is 7.00. The van der Waals surface area contributed by atoms with Gasteiger partial charge in [0.15, 0.2) is 11.6 Å². The summed E-state index contributed by atoms with van der Waals surface area (Å²) in [6.45, 7) is 11.3. The molecule has 0 amide bonds. The normalized spacial score (nSPS) is 12.4. The number of carbonyl (C=O) groups excluding carboxylic acids is 2. The molecule has 0 saturated heterocycles. The Kier molecular flexibility index (Phi) is 20.2. The molecule has 2 unspecified atom stereocenters. The molecule has 4 aromatic rings. The number of esters is 2. The molecule has 0 aliphatic carbocycles. The van der Waals surface area contributed by atoms with Gasteiger partial charge in [0.25, 0.3) is 0 Å². The fourth-order valence-corrected chi connectivity index (χ4v) is 4.93. The van der Waals surface area contributed by atoms with E-state index in [2.05, 4.69) is 39.1 Å². The summed E-state index contributed by atoms with van der Waals surface area (Å²) < 4.78 is 10.4. The van der Waals surface area contributed by atoms with Crippen LogP contribution in [0.4, 0.5) is 0 Å². The van der Waals surface area contributed by atoms with Crippen LogP contribution in [0, 0.1) is 0 Å². The quantitative estimate of drug-likeness (QED) is 0.0582. The standard InChI is InChI=1S/C20H19Cl2NO2.C17H15Cl2NO2.C3H5Br/c1-3-12-20(19(24)25-4-2,16-10-11-17(21)18(22)13-16)23-14-15-8-6-5-7-9-15;1-2-22-17(21)16(13-8-9-14(18)15(19)10-13)20-11-12-6-4-3-5-7-12;1-2-3-4/h3,5-11,13-14H,1,4,12H2,2H3;3-11,16H,2H2,1H3;2H,1,3H2. The summed E-state index contributed by atoms with van der Waals surface area (Å²) in [7, 11) is 0. The highest BCUT2D eigenvalue weighted by molar-refractivity contribution is 9.09. The topological polar surface area (TPSA) is 77.3 Å². The van der Waals surface area contributed by atoms with Gasteiger partial charge in [0.05, 0.1) is 33.3 Å². The molecule has 0 spiro atoms. The molecule has 2 atom stereocenters. The Balaban J connectivity index is 0.000000322. The van der Waals surface area contributed by atoms with E-state index in [0.29, 0.717) is 31.2 Å². The van der Waals surface area contributed by atoms with Gasteiger partial charge < -0.3 is 9.47 Å². The molecule has 268 valence electrons. The van der Waals surface area contributed by atoms with Crippen LogP contribution in [-0.4, -0.2) is 42.9 Å². The van der Waals surface area contributed by atoms with Crippen LogP contribution in [0.2, 0.25) is 20.1 Å². The van der Waals surface area contributed by atoms with Crippen molar-refractivity contribution in [2.75, 3.05) is 18.5 Å². The Morgan fingerprint density at radius 3 is 1.76 bits per heavy atom. The lowest BCUT2D eigenvalue weighted by Gasteiger charge is -2.27. The molecule has 0 aliphatic rings. The van der Waals surface area contributed by atoms with Crippen molar-refractivity contribution < 1.29 is 19.1 Å². The van der Waals surface area contributed by atoms with Crippen LogP contribution in [0.15, 0.2) is 132 Å². The minimum Gasteiger partial charge on any atom is -0.464 e. The molecule has 51 heavy (non-hydrogen) atoms. The fourth-order valence-electron chi connectivity index (χ4n) is 4.32. The molecule has 0 aromatic heterocycles. The number of allylic oxidation sites excluding steroid dienone is 1. The molecule has 0 radical (unpaired) electrons. The van der Waals surface area contributed by atoms with Gasteiger partial charge in [-0.15, -0.1) is 13.2 Å². The first kappa shape index (κ1) is 43.4. The molecular formula is C40H39BrCl4N2O4. The van der Waals surface area contributed by atoms with E-state index in [9.17, 15) is 9.59 Å². The van der Waals surface area contributed by atoms with Gasteiger partial charge in [0.2, 0.25) is 0 Å². The van der Waals surface area contributed by atoms with Crippen molar-refractivity contribution in [1.29, 1.82) is 0 Å². The van der Waals surface area contributed by atoms with E-state index < -0.39 is 23.5 Å². The van der Waals surface area contributed by atoms with Crippen LogP contribution in [0.5, 0.6) is 0 Å². The third-order valence-corrected chi connectivity index (χ3v) is 8.67. The minimum absolute atomic E-state index is 0.250. The van der Waals surface area contributed by atoms with Crippen molar-refractivity contribution in [3.63, 3.8) is 0 Å². The Bertz CT molecular complexity index is 1770. The van der Waals surface area contributed by atoms with Crippen LogP contribution in [-0.2, 0) is 24.6 Å². The fraction of sp³-hybridized carbons (Fsp3) is 0.200. The predicted octanol–water partition coefficient (Wildman–Crippen LogP) is 11.7. The maximum Gasteiger partial charge on any atom is 0.338 e. The van der Waals surface area contributed by atoms with Gasteiger partial charge in [-0.05, 0) is 60.4 Å². The first-order valence-corrected chi connectivity index (χ1v) is 18.4. The van der Waals surface area contributed by atoms with Crippen molar-refractivity contribution in [1.82, 2.24) is 0 Å². The predicted molar refractivity (Wildman–Crippen MR) is 217 cm³/mol. The number of hydrogen-bond acceptors (Lipinski definition) is 6. The van der Waals surface area contributed by atoms with E-state index in [1.807, 2.05) is 60.7 Å². The van der Waals surface area contributed by atoms with Crippen molar-refractivity contribution in [3.05, 3.63) is 165 Å². The zero-order valence-corrected chi connectivity index (χ0v) is 32.9. The minimum atomic E-state index is -1.26. The van der Waals surface area contributed by atoms with Gasteiger partial charge in [0, 0.05) is 24.2 Å². The second kappa shape index (κ2) is 23.7. The molecule has 0 saturated carbocycles. The Morgan fingerprint density at radius 2 is 1.27 bits per heavy atom. The summed E-state index contributed by atoms with van der Waals surface area (Å²) >= 11 is 27.2. The first-order valence-electron chi connectivity index (χ1n) is 15.8. The van der Waals surface area contributed by atoms with Gasteiger partial charge in [-0.25, -0.2) is 9.59 Å². The molecule has 0 fully saturated rings. The summed E-state index contributed by atoms with van der Waals surface area (Å²) in [5.74, 6) is -0.881. The number of halogens is 5. The van der Waals surface area contributed by atoms with Crippen molar-refractivity contribution in [2.45, 2.75) is 31.8 Å². The SMILES string of the molecule is C=CCBr.C=CCC(N=Cc1ccccc1)(C(=O)OCC)c1ccc(Cl)c(Cl)c1.CCOC(=O)C(N=Cc1ccccc1)c1ccc(Cl)c(Cl)c1. The lowest BCUT2D eigenvalue weighted by atomic mass is 9.87. The average molecular weight is 833 g/mol. The number of nitrogens with zero attached hydrogens (tertiary/aromatic N) is 2. The number of hydrogen-bond donors (Lipinski definition) is 0. The van der Waals surface area contributed by atoms with Crippen LogP contribution >= 0.6 is 62.3 Å². The number of rotatable bonds is 13. The second-order valence-electron chi connectivity index (χ2n) is 10.3.